The Labute approximate surface area is 94.4 Å². The summed E-state index contributed by atoms with van der Waals surface area (Å²) >= 11 is 0. The monoisotopic (exact) mass is 221 g/mol. The molecule has 1 aromatic rings. The van der Waals surface area contributed by atoms with Gasteiger partial charge in [0, 0.05) is 18.7 Å². The van der Waals surface area contributed by atoms with E-state index >= 15 is 0 Å². The number of carbonyl (C=O) groups is 1. The van der Waals surface area contributed by atoms with Crippen LogP contribution in [0.4, 0.5) is 10.5 Å². The molecule has 0 aliphatic carbocycles. The first-order valence-corrected chi connectivity index (χ1v) is 5.36. The van der Waals surface area contributed by atoms with E-state index in [9.17, 15) is 4.79 Å². The second-order valence-electron chi connectivity index (χ2n) is 3.97. The number of cyclic esters (lactones) is 1. The lowest BCUT2D eigenvalue weighted by Gasteiger charge is -2.31. The first kappa shape index (κ1) is 11.0. The number of benzene rings is 1. The number of ether oxygens (including phenoxy) is 1. The molecule has 1 aliphatic heterocycles. The zero-order valence-corrected chi connectivity index (χ0v) is 9.22. The van der Waals surface area contributed by atoms with E-state index in [1.165, 1.54) is 0 Å². The summed E-state index contributed by atoms with van der Waals surface area (Å²) in [6.07, 6.45) is -0.0691. The molecule has 1 saturated heterocycles. The predicted octanol–water partition coefficient (Wildman–Crippen LogP) is 1.70. The highest BCUT2D eigenvalue weighted by molar-refractivity contribution is 5.88. The second kappa shape index (κ2) is 4.53. The average Bonchev–Trinajstić information content (AvgIpc) is 2.28. The molecule has 1 aromatic carbocycles. The lowest BCUT2D eigenvalue weighted by atomic mass is 10.1. The van der Waals surface area contributed by atoms with Crippen LogP contribution in [0.3, 0.4) is 0 Å². The number of hydrogen-bond acceptors (Lipinski definition) is 3. The molecule has 1 atom stereocenters. The topological polar surface area (TPSA) is 49.8 Å². The zero-order valence-electron chi connectivity index (χ0n) is 9.22. The standard InChI is InChI=1S/C12H15NO3/c1-9-3-2-4-10(7-9)13-6-5-11(8-14)16-12(13)15/h2-4,7,11,14H,5-6,8H2,1H3. The van der Waals surface area contributed by atoms with Gasteiger partial charge >= 0.3 is 6.09 Å². The maximum absolute atomic E-state index is 11.7. The SMILES string of the molecule is Cc1cccc(N2CCC(CO)OC2=O)c1. The molecule has 16 heavy (non-hydrogen) atoms. The Hall–Kier alpha value is -1.55. The quantitative estimate of drug-likeness (QED) is 0.827. The fourth-order valence-corrected chi connectivity index (χ4v) is 1.79. The molecule has 0 radical (unpaired) electrons. The number of aliphatic hydroxyl groups is 1. The maximum Gasteiger partial charge on any atom is 0.414 e. The van der Waals surface area contributed by atoms with Crippen LogP contribution in [0.15, 0.2) is 24.3 Å². The summed E-state index contributed by atoms with van der Waals surface area (Å²) in [6, 6.07) is 7.72. The molecule has 1 fully saturated rings. The smallest absolute Gasteiger partial charge is 0.414 e. The van der Waals surface area contributed by atoms with Crippen molar-refractivity contribution in [2.45, 2.75) is 19.4 Å². The van der Waals surface area contributed by atoms with E-state index in [2.05, 4.69) is 0 Å². The van der Waals surface area contributed by atoms with Crippen molar-refractivity contribution >= 4 is 11.8 Å². The Kier molecular flexibility index (Phi) is 3.10. The third-order valence-corrected chi connectivity index (χ3v) is 2.68. The lowest BCUT2D eigenvalue weighted by molar-refractivity contribution is 0.0453. The van der Waals surface area contributed by atoms with Gasteiger partial charge in [0.15, 0.2) is 0 Å². The van der Waals surface area contributed by atoms with Gasteiger partial charge in [0.1, 0.15) is 6.10 Å². The fraction of sp³-hybridized carbons (Fsp3) is 0.417. The van der Waals surface area contributed by atoms with Crippen molar-refractivity contribution < 1.29 is 14.6 Å². The van der Waals surface area contributed by atoms with Crippen LogP contribution in [0.25, 0.3) is 0 Å². The lowest BCUT2D eigenvalue weighted by Crippen LogP contribution is -2.43. The van der Waals surface area contributed by atoms with Gasteiger partial charge in [-0.3, -0.25) is 4.90 Å². The number of aryl methyl sites for hydroxylation is 1. The minimum Gasteiger partial charge on any atom is -0.443 e. The van der Waals surface area contributed by atoms with Crippen LogP contribution >= 0.6 is 0 Å². The van der Waals surface area contributed by atoms with E-state index in [-0.39, 0.29) is 18.8 Å². The van der Waals surface area contributed by atoms with E-state index in [1.54, 1.807) is 4.90 Å². The van der Waals surface area contributed by atoms with Crippen molar-refractivity contribution in [2.75, 3.05) is 18.1 Å². The van der Waals surface area contributed by atoms with Gasteiger partial charge in [0.25, 0.3) is 0 Å². The van der Waals surface area contributed by atoms with Crippen molar-refractivity contribution in [3.8, 4) is 0 Å². The van der Waals surface area contributed by atoms with Crippen molar-refractivity contribution in [1.82, 2.24) is 0 Å². The second-order valence-corrected chi connectivity index (χ2v) is 3.97. The molecule has 1 heterocycles. The van der Waals surface area contributed by atoms with Crippen molar-refractivity contribution in [3.63, 3.8) is 0 Å². The molecule has 4 nitrogen and oxygen atoms in total. The molecule has 0 aromatic heterocycles. The molecule has 86 valence electrons. The minimum absolute atomic E-state index is 0.104. The first-order chi connectivity index (χ1) is 7.70. The predicted molar refractivity (Wildman–Crippen MR) is 60.5 cm³/mol. The van der Waals surface area contributed by atoms with E-state index in [1.807, 2.05) is 31.2 Å². The molecule has 1 unspecified atom stereocenters. The Morgan fingerprint density at radius 1 is 1.56 bits per heavy atom. The van der Waals surface area contributed by atoms with Gasteiger partial charge in [0.05, 0.1) is 6.61 Å². The maximum atomic E-state index is 11.7. The molecule has 1 amide bonds. The summed E-state index contributed by atoms with van der Waals surface area (Å²) in [5, 5.41) is 8.91. The van der Waals surface area contributed by atoms with Crippen LogP contribution in [0.2, 0.25) is 0 Å². The van der Waals surface area contributed by atoms with Gasteiger partial charge < -0.3 is 9.84 Å². The molecule has 1 aliphatic rings. The highest BCUT2D eigenvalue weighted by Gasteiger charge is 2.27. The largest absolute Gasteiger partial charge is 0.443 e. The molecule has 0 saturated carbocycles. The average molecular weight is 221 g/mol. The van der Waals surface area contributed by atoms with E-state index in [0.29, 0.717) is 13.0 Å². The minimum atomic E-state index is -0.379. The summed E-state index contributed by atoms with van der Waals surface area (Å²) in [6.45, 7) is 2.47. The Balaban J connectivity index is 2.14. The van der Waals surface area contributed by atoms with Crippen LogP contribution in [0.1, 0.15) is 12.0 Å². The number of aliphatic hydroxyl groups excluding tert-OH is 1. The molecular formula is C12H15NO3. The molecule has 2 rings (SSSR count). The highest BCUT2D eigenvalue weighted by Crippen LogP contribution is 2.21. The van der Waals surface area contributed by atoms with Gasteiger partial charge in [-0.05, 0) is 24.6 Å². The summed E-state index contributed by atoms with van der Waals surface area (Å²) in [7, 11) is 0. The van der Waals surface area contributed by atoms with E-state index in [4.69, 9.17) is 9.84 Å². The van der Waals surface area contributed by atoms with Gasteiger partial charge in [-0.1, -0.05) is 12.1 Å². The Bertz CT molecular complexity index is 392. The van der Waals surface area contributed by atoms with Crippen molar-refractivity contribution in [3.05, 3.63) is 29.8 Å². The molecule has 4 heteroatoms. The van der Waals surface area contributed by atoms with Gasteiger partial charge in [-0.25, -0.2) is 4.79 Å². The fourth-order valence-electron chi connectivity index (χ4n) is 1.79. The number of carbonyl (C=O) groups excluding carboxylic acids is 1. The van der Waals surface area contributed by atoms with Crippen LogP contribution < -0.4 is 4.90 Å². The van der Waals surface area contributed by atoms with E-state index < -0.39 is 0 Å². The van der Waals surface area contributed by atoms with Gasteiger partial charge in [-0.2, -0.15) is 0 Å². The van der Waals surface area contributed by atoms with E-state index in [0.717, 1.165) is 11.3 Å². The molecule has 0 spiro atoms. The van der Waals surface area contributed by atoms with Crippen LogP contribution in [-0.4, -0.2) is 30.5 Å². The third kappa shape index (κ3) is 2.17. The van der Waals surface area contributed by atoms with Crippen LogP contribution in [-0.2, 0) is 4.74 Å². The zero-order chi connectivity index (χ0) is 11.5. The van der Waals surface area contributed by atoms with Crippen molar-refractivity contribution in [1.29, 1.82) is 0 Å². The highest BCUT2D eigenvalue weighted by atomic mass is 16.6. The van der Waals surface area contributed by atoms with Gasteiger partial charge in [0.2, 0.25) is 0 Å². The summed E-state index contributed by atoms with van der Waals surface area (Å²) in [5.41, 5.74) is 1.95. The van der Waals surface area contributed by atoms with Gasteiger partial charge in [-0.15, -0.1) is 0 Å². The van der Waals surface area contributed by atoms with Crippen LogP contribution in [0, 0.1) is 6.92 Å². The number of nitrogens with zero attached hydrogens (tertiary/aromatic N) is 1. The number of hydrogen-bond donors (Lipinski definition) is 1. The molecule has 0 bridgehead atoms. The van der Waals surface area contributed by atoms with Crippen molar-refractivity contribution in [2.24, 2.45) is 0 Å². The normalized spacial score (nSPS) is 20.8. The van der Waals surface area contributed by atoms with Crippen LogP contribution in [0.5, 0.6) is 0 Å². The summed E-state index contributed by atoms with van der Waals surface area (Å²) in [5.74, 6) is 0. The first-order valence-electron chi connectivity index (χ1n) is 5.36. The third-order valence-electron chi connectivity index (χ3n) is 2.68. The summed E-state index contributed by atoms with van der Waals surface area (Å²) in [4.78, 5) is 13.3. The Morgan fingerprint density at radius 3 is 3.00 bits per heavy atom. The summed E-state index contributed by atoms with van der Waals surface area (Å²) < 4.78 is 5.08. The number of rotatable bonds is 2. The Morgan fingerprint density at radius 2 is 2.38 bits per heavy atom. The number of amides is 1. The molecule has 1 N–H and O–H groups in total. The molecular weight excluding hydrogens is 206 g/mol. The number of anilines is 1.